The molecule has 1 aliphatic rings. The Kier molecular flexibility index (Phi) is 3.77. The monoisotopic (exact) mass is 269 g/mol. The molecule has 1 aromatic carbocycles. The molecule has 1 unspecified atom stereocenters. The van der Waals surface area contributed by atoms with Crippen molar-refractivity contribution in [2.24, 2.45) is 4.40 Å². The molecule has 1 heterocycles. The van der Waals surface area contributed by atoms with Gasteiger partial charge in [-0.3, -0.25) is 0 Å². The zero-order chi connectivity index (χ0) is 13.2. The van der Waals surface area contributed by atoms with E-state index in [0.29, 0.717) is 13.2 Å². The Hall–Kier alpha value is -0.880. The molecule has 2 rings (SSSR count). The maximum absolute atomic E-state index is 10.4. The van der Waals surface area contributed by atoms with Crippen molar-refractivity contribution in [3.05, 3.63) is 29.8 Å². The third kappa shape index (κ3) is 3.11. The Bertz CT molecular complexity index is 436. The van der Waals surface area contributed by atoms with Gasteiger partial charge < -0.3 is 14.0 Å². The summed E-state index contributed by atoms with van der Waals surface area (Å²) in [5.74, 6) is -0.804. The minimum Gasteiger partial charge on any atom is -0.343 e. The summed E-state index contributed by atoms with van der Waals surface area (Å²) in [5, 5.41) is 0. The van der Waals surface area contributed by atoms with Crippen LogP contribution in [0.15, 0.2) is 33.6 Å². The second-order valence-electron chi connectivity index (χ2n) is 4.59. The normalized spacial score (nSPS) is 24.0. The van der Waals surface area contributed by atoms with Crippen LogP contribution < -0.4 is 0 Å². The number of aryl methyl sites for hydroxylation is 1. The third-order valence-corrected chi connectivity index (χ3v) is 4.50. The maximum Gasteiger partial charge on any atom is 0.203 e. The van der Waals surface area contributed by atoms with Gasteiger partial charge in [0.05, 0.1) is 19.4 Å². The van der Waals surface area contributed by atoms with E-state index in [0.717, 1.165) is 10.5 Å². The van der Waals surface area contributed by atoms with Gasteiger partial charge in [-0.15, -0.1) is 0 Å². The minimum absolute atomic E-state index is 0.560. The fourth-order valence-corrected chi connectivity index (χ4v) is 2.83. The van der Waals surface area contributed by atoms with E-state index in [1.807, 2.05) is 31.2 Å². The highest BCUT2D eigenvalue weighted by atomic mass is 32.3. The number of benzene rings is 1. The van der Waals surface area contributed by atoms with Gasteiger partial charge in [0.2, 0.25) is 5.79 Å². The standard InChI is InChI=1S/C13H19NO3S/c1-11-4-6-12(7-5-11)18(3,15)14-10-13(2)16-8-9-17-13/h4-7,10,15H,8-9H2,1-3H3/b14-10+. The van der Waals surface area contributed by atoms with Crippen molar-refractivity contribution >= 4 is 16.7 Å². The molecule has 1 fully saturated rings. The van der Waals surface area contributed by atoms with Crippen molar-refractivity contribution in [1.82, 2.24) is 0 Å². The van der Waals surface area contributed by atoms with E-state index in [9.17, 15) is 4.55 Å². The van der Waals surface area contributed by atoms with Crippen LogP contribution in [0.1, 0.15) is 12.5 Å². The average molecular weight is 269 g/mol. The Labute approximate surface area is 109 Å². The maximum atomic E-state index is 10.4. The largest absolute Gasteiger partial charge is 0.343 e. The van der Waals surface area contributed by atoms with Crippen molar-refractivity contribution in [1.29, 1.82) is 0 Å². The fourth-order valence-electron chi connectivity index (χ4n) is 1.66. The van der Waals surface area contributed by atoms with Gasteiger partial charge in [0.25, 0.3) is 0 Å². The fraction of sp³-hybridized carbons (Fsp3) is 0.462. The molecule has 1 N–H and O–H groups in total. The molecule has 0 saturated carbocycles. The smallest absolute Gasteiger partial charge is 0.203 e. The van der Waals surface area contributed by atoms with Crippen molar-refractivity contribution in [3.8, 4) is 0 Å². The molecule has 18 heavy (non-hydrogen) atoms. The lowest BCUT2D eigenvalue weighted by Crippen LogP contribution is -2.27. The lowest BCUT2D eigenvalue weighted by molar-refractivity contribution is -0.0772. The van der Waals surface area contributed by atoms with Crippen LogP contribution in [0.2, 0.25) is 0 Å². The van der Waals surface area contributed by atoms with Crippen LogP contribution in [0.5, 0.6) is 0 Å². The second-order valence-corrected chi connectivity index (χ2v) is 6.94. The van der Waals surface area contributed by atoms with E-state index in [4.69, 9.17) is 9.47 Å². The van der Waals surface area contributed by atoms with Crippen LogP contribution in [0.25, 0.3) is 0 Å². The molecule has 1 aliphatic heterocycles. The van der Waals surface area contributed by atoms with Gasteiger partial charge in [-0.1, -0.05) is 17.7 Å². The highest BCUT2D eigenvalue weighted by Crippen LogP contribution is 2.49. The zero-order valence-corrected chi connectivity index (χ0v) is 11.7. The van der Waals surface area contributed by atoms with E-state index < -0.39 is 16.3 Å². The molecule has 4 nitrogen and oxygen atoms in total. The molecular weight excluding hydrogens is 250 g/mol. The minimum atomic E-state index is -2.19. The van der Waals surface area contributed by atoms with Gasteiger partial charge in [0, 0.05) is 11.2 Å². The number of hydrogen-bond acceptors (Lipinski definition) is 4. The van der Waals surface area contributed by atoms with Crippen molar-refractivity contribution in [2.45, 2.75) is 24.5 Å². The summed E-state index contributed by atoms with van der Waals surface area (Å²) in [6.45, 7) is 4.93. The third-order valence-electron chi connectivity index (χ3n) is 2.82. The molecule has 0 radical (unpaired) electrons. The second kappa shape index (κ2) is 5.01. The van der Waals surface area contributed by atoms with E-state index in [1.54, 1.807) is 19.4 Å². The van der Waals surface area contributed by atoms with E-state index in [-0.39, 0.29) is 0 Å². The first-order valence-corrected chi connectivity index (χ1v) is 7.79. The summed E-state index contributed by atoms with van der Waals surface area (Å²) >= 11 is 0. The predicted molar refractivity (Wildman–Crippen MR) is 74.4 cm³/mol. The number of hydrogen-bond donors (Lipinski definition) is 1. The van der Waals surface area contributed by atoms with Crippen LogP contribution in [0.3, 0.4) is 0 Å². The first-order chi connectivity index (χ1) is 8.41. The first-order valence-electron chi connectivity index (χ1n) is 5.83. The average Bonchev–Trinajstić information content (AvgIpc) is 2.75. The molecule has 1 saturated heterocycles. The molecular formula is C13H19NO3S. The molecule has 0 spiro atoms. The van der Waals surface area contributed by atoms with Gasteiger partial charge in [0.1, 0.15) is 0 Å². The van der Waals surface area contributed by atoms with Crippen LogP contribution in [-0.4, -0.2) is 36.0 Å². The summed E-state index contributed by atoms with van der Waals surface area (Å²) in [4.78, 5) is 0.825. The molecule has 1 atom stereocenters. The van der Waals surface area contributed by atoms with Gasteiger partial charge in [-0.2, -0.15) is 0 Å². The Balaban J connectivity index is 2.15. The van der Waals surface area contributed by atoms with Gasteiger partial charge in [-0.25, -0.2) is 4.40 Å². The van der Waals surface area contributed by atoms with Crippen LogP contribution in [0.4, 0.5) is 0 Å². The Morgan fingerprint density at radius 1 is 1.28 bits per heavy atom. The zero-order valence-electron chi connectivity index (χ0n) is 10.9. The highest BCUT2D eigenvalue weighted by Gasteiger charge is 2.30. The summed E-state index contributed by atoms with van der Waals surface area (Å²) in [6.07, 6.45) is 3.29. The van der Waals surface area contributed by atoms with Gasteiger partial charge in [0.15, 0.2) is 0 Å². The molecule has 0 bridgehead atoms. The molecule has 1 aromatic rings. The molecule has 0 aliphatic carbocycles. The molecule has 0 aromatic heterocycles. The Morgan fingerprint density at radius 3 is 2.39 bits per heavy atom. The lowest BCUT2D eigenvalue weighted by Gasteiger charge is -2.26. The number of nitrogens with zero attached hydrogens (tertiary/aromatic N) is 1. The molecule has 5 heteroatoms. The quantitative estimate of drug-likeness (QED) is 0.858. The molecule has 0 amide bonds. The van der Waals surface area contributed by atoms with Gasteiger partial charge >= 0.3 is 0 Å². The highest BCUT2D eigenvalue weighted by molar-refractivity contribution is 8.27. The van der Waals surface area contributed by atoms with Gasteiger partial charge in [-0.05, 0) is 36.5 Å². The lowest BCUT2D eigenvalue weighted by atomic mass is 10.2. The summed E-state index contributed by atoms with van der Waals surface area (Å²) in [7, 11) is -2.19. The van der Waals surface area contributed by atoms with E-state index in [1.165, 1.54) is 0 Å². The topological polar surface area (TPSA) is 51.1 Å². The molecule has 100 valence electrons. The number of ether oxygens (including phenoxy) is 2. The van der Waals surface area contributed by atoms with E-state index >= 15 is 0 Å². The first kappa shape index (κ1) is 13.5. The number of rotatable bonds is 3. The SMILES string of the molecule is Cc1ccc(S(C)(O)/N=C/C2(C)OCCO2)cc1. The Morgan fingerprint density at radius 2 is 1.83 bits per heavy atom. The summed E-state index contributed by atoms with van der Waals surface area (Å²) in [6, 6.07) is 7.74. The van der Waals surface area contributed by atoms with Crippen molar-refractivity contribution in [3.63, 3.8) is 0 Å². The van der Waals surface area contributed by atoms with Crippen LogP contribution in [-0.2, 0) is 9.47 Å². The van der Waals surface area contributed by atoms with Crippen LogP contribution in [0, 0.1) is 6.92 Å². The van der Waals surface area contributed by atoms with Crippen LogP contribution >= 0.6 is 10.5 Å². The summed E-state index contributed by atoms with van der Waals surface area (Å²) in [5.41, 5.74) is 1.16. The van der Waals surface area contributed by atoms with Crippen molar-refractivity contribution < 1.29 is 14.0 Å². The predicted octanol–water partition coefficient (Wildman–Crippen LogP) is 3.01. The summed E-state index contributed by atoms with van der Waals surface area (Å²) < 4.78 is 25.5. The van der Waals surface area contributed by atoms with Crippen molar-refractivity contribution in [2.75, 3.05) is 19.5 Å². The van der Waals surface area contributed by atoms with E-state index in [2.05, 4.69) is 4.40 Å².